The number of hydrogen-bond donors (Lipinski definition) is 1. The number of aromatic amines is 1. The molecule has 0 amide bonds. The highest BCUT2D eigenvalue weighted by molar-refractivity contribution is 5.70. The van der Waals surface area contributed by atoms with Gasteiger partial charge in [-0.2, -0.15) is 10.2 Å². The summed E-state index contributed by atoms with van der Waals surface area (Å²) < 4.78 is 1.85. The standard InChI is InChI=1S/C23H24N6/c1-27-13-15-28(16-14-27)20-7-3-18(4-8-20)22-17-23(26-25-22)19-5-9-21(10-6-19)29-12-2-11-24-29/h2-12,17H,13-16H2,1H3,(H,25,26). The van der Waals surface area contributed by atoms with Gasteiger partial charge in [0.1, 0.15) is 0 Å². The molecule has 146 valence electrons. The molecule has 1 fully saturated rings. The number of rotatable bonds is 4. The summed E-state index contributed by atoms with van der Waals surface area (Å²) >= 11 is 0. The quantitative estimate of drug-likeness (QED) is 0.583. The lowest BCUT2D eigenvalue weighted by Gasteiger charge is -2.34. The Morgan fingerprint density at radius 1 is 0.828 bits per heavy atom. The minimum atomic E-state index is 0.959. The first-order valence-electron chi connectivity index (χ1n) is 9.96. The molecule has 0 bridgehead atoms. The minimum absolute atomic E-state index is 0.959. The number of benzene rings is 2. The van der Waals surface area contributed by atoms with Crippen LogP contribution in [-0.4, -0.2) is 58.1 Å². The Kier molecular flexibility index (Phi) is 4.62. The van der Waals surface area contributed by atoms with E-state index in [1.807, 2.05) is 16.9 Å². The van der Waals surface area contributed by atoms with E-state index in [1.54, 1.807) is 6.20 Å². The molecule has 2 aromatic carbocycles. The van der Waals surface area contributed by atoms with Gasteiger partial charge < -0.3 is 9.80 Å². The Labute approximate surface area is 170 Å². The zero-order valence-electron chi connectivity index (χ0n) is 16.5. The SMILES string of the molecule is CN1CCN(c2ccc(-c3cc(-c4ccc(-n5cccn5)cc4)[nH]n3)cc2)CC1. The number of aromatic nitrogens is 4. The Balaban J connectivity index is 1.32. The van der Waals surface area contributed by atoms with E-state index in [0.29, 0.717) is 0 Å². The molecule has 1 saturated heterocycles. The predicted molar refractivity (Wildman–Crippen MR) is 116 cm³/mol. The molecule has 0 unspecified atom stereocenters. The van der Waals surface area contributed by atoms with Crippen molar-refractivity contribution in [1.29, 1.82) is 0 Å². The summed E-state index contributed by atoms with van der Waals surface area (Å²) in [4.78, 5) is 4.82. The lowest BCUT2D eigenvalue weighted by atomic mass is 10.1. The summed E-state index contributed by atoms with van der Waals surface area (Å²) in [5.41, 5.74) is 6.52. The fourth-order valence-electron chi connectivity index (χ4n) is 3.74. The fraction of sp³-hybridized carbons (Fsp3) is 0.217. The number of nitrogens with one attached hydrogen (secondary N) is 1. The molecule has 6 nitrogen and oxygen atoms in total. The number of H-pyrrole nitrogens is 1. The van der Waals surface area contributed by atoms with E-state index >= 15 is 0 Å². The van der Waals surface area contributed by atoms with Crippen LogP contribution < -0.4 is 4.90 Å². The molecule has 2 aromatic heterocycles. The van der Waals surface area contributed by atoms with Crippen LogP contribution in [0.4, 0.5) is 5.69 Å². The number of piperazine rings is 1. The smallest absolute Gasteiger partial charge is 0.0927 e. The molecular formula is C23H24N6. The van der Waals surface area contributed by atoms with Crippen LogP contribution in [0, 0.1) is 0 Å². The first kappa shape index (κ1) is 17.7. The van der Waals surface area contributed by atoms with Gasteiger partial charge in [-0.05, 0) is 49.0 Å². The van der Waals surface area contributed by atoms with Gasteiger partial charge in [-0.25, -0.2) is 4.68 Å². The topological polar surface area (TPSA) is 53.0 Å². The summed E-state index contributed by atoms with van der Waals surface area (Å²) in [6.45, 7) is 4.39. The highest BCUT2D eigenvalue weighted by Crippen LogP contribution is 2.26. The summed E-state index contributed by atoms with van der Waals surface area (Å²) in [6, 6.07) is 21.1. The molecule has 3 heterocycles. The summed E-state index contributed by atoms with van der Waals surface area (Å²) in [6.07, 6.45) is 3.72. The molecule has 1 aliphatic heterocycles. The molecular weight excluding hydrogens is 360 g/mol. The van der Waals surface area contributed by atoms with Gasteiger partial charge in [0.15, 0.2) is 0 Å². The van der Waals surface area contributed by atoms with Crippen molar-refractivity contribution in [3.8, 4) is 28.2 Å². The van der Waals surface area contributed by atoms with Crippen molar-refractivity contribution in [2.75, 3.05) is 38.1 Å². The van der Waals surface area contributed by atoms with Gasteiger partial charge in [0.05, 0.1) is 17.1 Å². The molecule has 4 aromatic rings. The van der Waals surface area contributed by atoms with Crippen LogP contribution in [0.3, 0.4) is 0 Å². The lowest BCUT2D eigenvalue weighted by molar-refractivity contribution is 0.313. The third kappa shape index (κ3) is 3.67. The second-order valence-corrected chi connectivity index (χ2v) is 7.50. The van der Waals surface area contributed by atoms with Gasteiger partial charge in [-0.15, -0.1) is 0 Å². The molecule has 0 spiro atoms. The van der Waals surface area contributed by atoms with Crippen molar-refractivity contribution in [2.45, 2.75) is 0 Å². The van der Waals surface area contributed by atoms with E-state index in [2.05, 4.69) is 86.7 Å². The highest BCUT2D eigenvalue weighted by atomic mass is 15.3. The number of nitrogens with zero attached hydrogens (tertiary/aromatic N) is 5. The summed E-state index contributed by atoms with van der Waals surface area (Å²) in [5.74, 6) is 0. The van der Waals surface area contributed by atoms with Gasteiger partial charge in [0.25, 0.3) is 0 Å². The molecule has 5 rings (SSSR count). The third-order valence-electron chi connectivity index (χ3n) is 5.56. The number of anilines is 1. The van der Waals surface area contributed by atoms with Crippen molar-refractivity contribution >= 4 is 5.69 Å². The monoisotopic (exact) mass is 384 g/mol. The van der Waals surface area contributed by atoms with Gasteiger partial charge >= 0.3 is 0 Å². The number of hydrogen-bond acceptors (Lipinski definition) is 4. The molecule has 0 atom stereocenters. The minimum Gasteiger partial charge on any atom is -0.369 e. The average molecular weight is 384 g/mol. The fourth-order valence-corrected chi connectivity index (χ4v) is 3.74. The van der Waals surface area contributed by atoms with Gasteiger partial charge in [-0.3, -0.25) is 5.10 Å². The van der Waals surface area contributed by atoms with Crippen LogP contribution in [0.15, 0.2) is 73.1 Å². The molecule has 29 heavy (non-hydrogen) atoms. The largest absolute Gasteiger partial charge is 0.369 e. The normalized spacial score (nSPS) is 15.0. The van der Waals surface area contributed by atoms with Crippen molar-refractivity contribution in [1.82, 2.24) is 24.9 Å². The van der Waals surface area contributed by atoms with Crippen molar-refractivity contribution in [3.63, 3.8) is 0 Å². The van der Waals surface area contributed by atoms with E-state index in [-0.39, 0.29) is 0 Å². The van der Waals surface area contributed by atoms with Crippen molar-refractivity contribution in [2.24, 2.45) is 0 Å². The van der Waals surface area contributed by atoms with Gasteiger partial charge in [-0.1, -0.05) is 24.3 Å². The van der Waals surface area contributed by atoms with Crippen LogP contribution >= 0.6 is 0 Å². The maximum absolute atomic E-state index is 4.52. The lowest BCUT2D eigenvalue weighted by Crippen LogP contribution is -2.44. The molecule has 0 radical (unpaired) electrons. The summed E-state index contributed by atoms with van der Waals surface area (Å²) in [7, 11) is 2.18. The van der Waals surface area contributed by atoms with Crippen LogP contribution in [0.5, 0.6) is 0 Å². The Morgan fingerprint density at radius 2 is 1.52 bits per heavy atom. The van der Waals surface area contributed by atoms with E-state index < -0.39 is 0 Å². The second-order valence-electron chi connectivity index (χ2n) is 7.50. The molecule has 6 heteroatoms. The highest BCUT2D eigenvalue weighted by Gasteiger charge is 2.14. The van der Waals surface area contributed by atoms with E-state index in [1.165, 1.54) is 5.69 Å². The number of likely N-dealkylation sites (N-methyl/N-ethyl adjacent to an activating group) is 1. The molecule has 0 aliphatic carbocycles. The van der Waals surface area contributed by atoms with Gasteiger partial charge in [0.2, 0.25) is 0 Å². The van der Waals surface area contributed by atoms with Gasteiger partial charge in [0, 0.05) is 49.8 Å². The molecule has 1 N–H and O–H groups in total. The predicted octanol–water partition coefficient (Wildman–Crippen LogP) is 3.68. The zero-order chi connectivity index (χ0) is 19.6. The van der Waals surface area contributed by atoms with Crippen molar-refractivity contribution in [3.05, 3.63) is 73.1 Å². The third-order valence-corrected chi connectivity index (χ3v) is 5.56. The van der Waals surface area contributed by atoms with Crippen LogP contribution in [-0.2, 0) is 0 Å². The van der Waals surface area contributed by atoms with Crippen LogP contribution in [0.25, 0.3) is 28.2 Å². The first-order valence-corrected chi connectivity index (χ1v) is 9.96. The average Bonchev–Trinajstić information content (AvgIpc) is 3.47. The maximum Gasteiger partial charge on any atom is 0.0927 e. The maximum atomic E-state index is 4.52. The van der Waals surface area contributed by atoms with Crippen LogP contribution in [0.1, 0.15) is 0 Å². The van der Waals surface area contributed by atoms with Crippen molar-refractivity contribution < 1.29 is 0 Å². The first-order chi connectivity index (χ1) is 14.3. The molecule has 1 aliphatic rings. The Hall–Kier alpha value is -3.38. The molecule has 0 saturated carbocycles. The van der Waals surface area contributed by atoms with E-state index in [4.69, 9.17) is 0 Å². The zero-order valence-corrected chi connectivity index (χ0v) is 16.5. The summed E-state index contributed by atoms with van der Waals surface area (Å²) in [5, 5.41) is 12.0. The Bertz CT molecular complexity index is 1060. The Morgan fingerprint density at radius 3 is 2.21 bits per heavy atom. The van der Waals surface area contributed by atoms with Crippen LogP contribution in [0.2, 0.25) is 0 Å². The van der Waals surface area contributed by atoms with E-state index in [0.717, 1.165) is 54.4 Å². The second kappa shape index (κ2) is 7.56. The van der Waals surface area contributed by atoms with E-state index in [9.17, 15) is 0 Å².